The maximum atomic E-state index is 13.1. The van der Waals surface area contributed by atoms with Crippen LogP contribution < -0.4 is 23.8 Å². The van der Waals surface area contributed by atoms with Crippen molar-refractivity contribution >= 4 is 34.5 Å². The van der Waals surface area contributed by atoms with Gasteiger partial charge >= 0.3 is 0 Å². The highest BCUT2D eigenvalue weighted by Crippen LogP contribution is 2.38. The maximum Gasteiger partial charge on any atom is 0.256 e. The number of ether oxygens (including phenoxy) is 4. The minimum Gasteiger partial charge on any atom is -0.493 e. The number of nitrogens with zero attached hydrogens (tertiary/aromatic N) is 6. The van der Waals surface area contributed by atoms with Crippen molar-refractivity contribution in [1.29, 1.82) is 0 Å². The molecule has 0 spiro atoms. The number of carbonyl (C=O) groups excluding carboxylic acids is 1. The van der Waals surface area contributed by atoms with Crippen molar-refractivity contribution in [3.63, 3.8) is 0 Å². The molecular formula is C30H36N6O5. The average molecular weight is 561 g/mol. The Kier molecular flexibility index (Phi) is 7.78. The molecule has 1 aromatic heterocycles. The number of amides is 1. The maximum absolute atomic E-state index is 13.1. The van der Waals surface area contributed by atoms with E-state index in [9.17, 15) is 4.79 Å². The van der Waals surface area contributed by atoms with Crippen LogP contribution in [-0.4, -0.2) is 105 Å². The van der Waals surface area contributed by atoms with E-state index in [0.29, 0.717) is 40.9 Å². The van der Waals surface area contributed by atoms with E-state index in [1.54, 1.807) is 33.7 Å². The molecule has 41 heavy (non-hydrogen) atoms. The fourth-order valence-corrected chi connectivity index (χ4v) is 5.90. The topological polar surface area (TPSA) is 102 Å². The van der Waals surface area contributed by atoms with Gasteiger partial charge in [-0.2, -0.15) is 0 Å². The molecule has 0 saturated carbocycles. The molecule has 6 rings (SSSR count). The van der Waals surface area contributed by atoms with E-state index in [4.69, 9.17) is 18.9 Å². The van der Waals surface area contributed by atoms with Crippen LogP contribution in [0.15, 0.2) is 35.6 Å². The predicted octanol–water partition coefficient (Wildman–Crippen LogP) is 3.57. The number of benzene rings is 2. The van der Waals surface area contributed by atoms with Gasteiger partial charge in [0, 0.05) is 63.0 Å². The van der Waals surface area contributed by atoms with E-state index >= 15 is 0 Å². The van der Waals surface area contributed by atoms with Gasteiger partial charge in [-0.1, -0.05) is 0 Å². The summed E-state index contributed by atoms with van der Waals surface area (Å²) >= 11 is 0. The Balaban J connectivity index is 1.04. The summed E-state index contributed by atoms with van der Waals surface area (Å²) in [5, 5.41) is 0.952. The van der Waals surface area contributed by atoms with Gasteiger partial charge in [0.1, 0.15) is 12.1 Å². The molecule has 2 aromatic carbocycles. The number of piperazine rings is 1. The highest BCUT2D eigenvalue weighted by atomic mass is 16.5. The molecule has 11 heteroatoms. The fraction of sp³-hybridized carbons (Fsp3) is 0.467. The summed E-state index contributed by atoms with van der Waals surface area (Å²) in [7, 11) is 4.86. The third-order valence-corrected chi connectivity index (χ3v) is 8.13. The summed E-state index contributed by atoms with van der Waals surface area (Å²) in [6.45, 7) is 5.81. The zero-order valence-electron chi connectivity index (χ0n) is 23.8. The third-order valence-electron chi connectivity index (χ3n) is 8.13. The number of rotatable bonds is 9. The van der Waals surface area contributed by atoms with Gasteiger partial charge in [-0.15, -0.1) is 0 Å². The molecule has 1 atom stereocenters. The molecule has 0 aliphatic carbocycles. The number of fused-ring (bicyclic) bond motifs is 3. The van der Waals surface area contributed by atoms with Crippen LogP contribution in [0, 0.1) is 0 Å². The average Bonchev–Trinajstić information content (AvgIpc) is 3.45. The Hall–Kier alpha value is -4.12. The number of anilines is 1. The first-order valence-corrected chi connectivity index (χ1v) is 14.1. The van der Waals surface area contributed by atoms with Crippen LogP contribution in [0.25, 0.3) is 10.9 Å². The molecule has 0 N–H and O–H groups in total. The van der Waals surface area contributed by atoms with Crippen molar-refractivity contribution < 1.29 is 23.7 Å². The van der Waals surface area contributed by atoms with E-state index in [0.717, 1.165) is 75.3 Å². The first kappa shape index (κ1) is 27.1. The Morgan fingerprint density at radius 1 is 0.878 bits per heavy atom. The summed E-state index contributed by atoms with van der Waals surface area (Å²) in [5.41, 5.74) is 2.04. The normalized spacial score (nSPS) is 18.7. The monoisotopic (exact) mass is 560 g/mol. The van der Waals surface area contributed by atoms with Crippen molar-refractivity contribution in [2.75, 3.05) is 72.1 Å². The summed E-state index contributed by atoms with van der Waals surface area (Å²) in [5.74, 6) is 3.42. The predicted molar refractivity (Wildman–Crippen MR) is 157 cm³/mol. The molecule has 2 fully saturated rings. The Morgan fingerprint density at radius 2 is 1.63 bits per heavy atom. The smallest absolute Gasteiger partial charge is 0.256 e. The number of aromatic nitrogens is 2. The SMILES string of the molecule is COc1cc2ncnc(N3CCN(CCCOc4cc5c(cc4OC)C(=O)N4CCC[C@H]4C=N5)CC3)c2cc1OC. The zero-order chi connectivity index (χ0) is 28.3. The molecule has 3 aliphatic rings. The molecule has 1 amide bonds. The Morgan fingerprint density at radius 3 is 2.41 bits per heavy atom. The second-order valence-electron chi connectivity index (χ2n) is 10.5. The lowest BCUT2D eigenvalue weighted by molar-refractivity contribution is 0.0774. The van der Waals surface area contributed by atoms with Crippen LogP contribution in [-0.2, 0) is 0 Å². The van der Waals surface area contributed by atoms with Crippen LogP contribution in [0.1, 0.15) is 29.6 Å². The van der Waals surface area contributed by atoms with Crippen LogP contribution >= 0.6 is 0 Å². The Bertz CT molecular complexity index is 1460. The van der Waals surface area contributed by atoms with E-state index in [2.05, 4.69) is 24.8 Å². The quantitative estimate of drug-likeness (QED) is 0.364. The van der Waals surface area contributed by atoms with Crippen molar-refractivity contribution in [3.8, 4) is 23.0 Å². The van der Waals surface area contributed by atoms with E-state index in [1.807, 2.05) is 29.3 Å². The van der Waals surface area contributed by atoms with Gasteiger partial charge in [-0.05, 0) is 31.4 Å². The van der Waals surface area contributed by atoms with Gasteiger partial charge in [0.2, 0.25) is 0 Å². The standard InChI is InChI=1S/C30H36N6O5/c1-38-25-14-21-23(16-27(25)40-3)32-19-33-29(21)35-11-9-34(10-12-35)7-5-13-41-28-17-24-22(15-26(28)39-2)30(37)36-8-4-6-20(36)18-31-24/h14-20H,4-13H2,1-3H3/t20-/m0/s1. The van der Waals surface area contributed by atoms with Crippen LogP contribution in [0.2, 0.25) is 0 Å². The molecule has 2 saturated heterocycles. The minimum atomic E-state index is 0.0119. The van der Waals surface area contributed by atoms with Gasteiger partial charge in [0.25, 0.3) is 5.91 Å². The first-order valence-electron chi connectivity index (χ1n) is 14.1. The molecule has 216 valence electrons. The number of carbonyl (C=O) groups is 1. The molecule has 3 aliphatic heterocycles. The summed E-state index contributed by atoms with van der Waals surface area (Å²) in [6, 6.07) is 7.52. The van der Waals surface area contributed by atoms with Crippen LogP contribution in [0.5, 0.6) is 23.0 Å². The number of aliphatic imine (C=N–C) groups is 1. The van der Waals surface area contributed by atoms with Crippen molar-refractivity contribution in [2.45, 2.75) is 25.3 Å². The van der Waals surface area contributed by atoms with Gasteiger partial charge in [0.15, 0.2) is 23.0 Å². The van der Waals surface area contributed by atoms with Crippen molar-refractivity contribution in [1.82, 2.24) is 19.8 Å². The zero-order valence-corrected chi connectivity index (χ0v) is 23.8. The van der Waals surface area contributed by atoms with Crippen molar-refractivity contribution in [3.05, 3.63) is 36.2 Å². The van der Waals surface area contributed by atoms with Gasteiger partial charge in [-0.25, -0.2) is 9.97 Å². The molecule has 0 bridgehead atoms. The largest absolute Gasteiger partial charge is 0.493 e. The van der Waals surface area contributed by atoms with Gasteiger partial charge in [0.05, 0.1) is 50.7 Å². The van der Waals surface area contributed by atoms with E-state index in [-0.39, 0.29) is 11.9 Å². The lowest BCUT2D eigenvalue weighted by atomic mass is 10.1. The number of hydrogen-bond donors (Lipinski definition) is 0. The molecule has 11 nitrogen and oxygen atoms in total. The van der Waals surface area contributed by atoms with Gasteiger partial charge in [-0.3, -0.25) is 14.7 Å². The highest BCUT2D eigenvalue weighted by Gasteiger charge is 2.32. The first-order chi connectivity index (χ1) is 20.1. The summed E-state index contributed by atoms with van der Waals surface area (Å²) < 4.78 is 22.7. The number of methoxy groups -OCH3 is 3. The highest BCUT2D eigenvalue weighted by molar-refractivity contribution is 6.03. The minimum absolute atomic E-state index is 0.0119. The third kappa shape index (κ3) is 5.33. The second kappa shape index (κ2) is 11.8. The second-order valence-corrected chi connectivity index (χ2v) is 10.5. The lowest BCUT2D eigenvalue weighted by Gasteiger charge is -2.35. The lowest BCUT2D eigenvalue weighted by Crippen LogP contribution is -2.47. The molecule has 3 aromatic rings. The van der Waals surface area contributed by atoms with Crippen LogP contribution in [0.4, 0.5) is 11.5 Å². The van der Waals surface area contributed by atoms with Crippen LogP contribution in [0.3, 0.4) is 0 Å². The molecule has 0 radical (unpaired) electrons. The number of hydrogen-bond acceptors (Lipinski definition) is 10. The molecule has 4 heterocycles. The van der Waals surface area contributed by atoms with Gasteiger partial charge < -0.3 is 28.7 Å². The molecular weight excluding hydrogens is 524 g/mol. The van der Waals surface area contributed by atoms with E-state index in [1.165, 1.54) is 0 Å². The van der Waals surface area contributed by atoms with Crippen molar-refractivity contribution in [2.24, 2.45) is 4.99 Å². The molecule has 0 unspecified atom stereocenters. The summed E-state index contributed by atoms with van der Waals surface area (Å²) in [4.78, 5) is 33.4. The van der Waals surface area contributed by atoms with E-state index < -0.39 is 0 Å². The summed E-state index contributed by atoms with van der Waals surface area (Å²) in [6.07, 6.45) is 6.33. The Labute approximate surface area is 239 Å². The fourth-order valence-electron chi connectivity index (χ4n) is 5.90.